The molecule has 0 aliphatic heterocycles. The lowest BCUT2D eigenvalue weighted by molar-refractivity contribution is 0.102. The standard InChI is InChI=1S/C26H39N5O2/c1-3-5-7-19-8-12-21(13-9-19)30-25(33)23-18-29-26(27-16-6-4-2)31-24(23)28-17-20-10-14-22(32)15-11-20/h8-9,12-13,18,20,22,32H,3-7,10-11,14-17H2,1-2H3,(H,30,33)(H2,27,28,29,31). The predicted octanol–water partition coefficient (Wildman–Crippen LogP) is 5.25. The Morgan fingerprint density at radius 3 is 2.45 bits per heavy atom. The van der Waals surface area contributed by atoms with Crippen molar-refractivity contribution in [3.05, 3.63) is 41.6 Å². The van der Waals surface area contributed by atoms with Crippen molar-refractivity contribution in [1.29, 1.82) is 0 Å². The van der Waals surface area contributed by atoms with Gasteiger partial charge in [0, 0.05) is 25.0 Å². The molecule has 0 unspecified atom stereocenters. The average Bonchev–Trinajstić information content (AvgIpc) is 2.83. The van der Waals surface area contributed by atoms with Gasteiger partial charge in [0.1, 0.15) is 11.4 Å². The number of amides is 1. The van der Waals surface area contributed by atoms with Crippen molar-refractivity contribution in [3.8, 4) is 0 Å². The van der Waals surface area contributed by atoms with Crippen molar-refractivity contribution < 1.29 is 9.90 Å². The van der Waals surface area contributed by atoms with Crippen LogP contribution in [0.3, 0.4) is 0 Å². The Morgan fingerprint density at radius 1 is 1.03 bits per heavy atom. The molecule has 0 bridgehead atoms. The van der Waals surface area contributed by atoms with Crippen molar-refractivity contribution in [1.82, 2.24) is 9.97 Å². The zero-order valence-electron chi connectivity index (χ0n) is 20.1. The highest BCUT2D eigenvalue weighted by Gasteiger charge is 2.21. The number of hydrogen-bond acceptors (Lipinski definition) is 6. The average molecular weight is 454 g/mol. The van der Waals surface area contributed by atoms with Crippen molar-refractivity contribution in [3.63, 3.8) is 0 Å². The Kier molecular flexibility index (Phi) is 9.94. The quantitative estimate of drug-likeness (QED) is 0.328. The number of unbranched alkanes of at least 4 members (excludes halogenated alkanes) is 2. The van der Waals surface area contributed by atoms with Crippen LogP contribution in [0.25, 0.3) is 0 Å². The van der Waals surface area contributed by atoms with Gasteiger partial charge in [-0.2, -0.15) is 4.98 Å². The number of hydrogen-bond donors (Lipinski definition) is 4. The highest BCUT2D eigenvalue weighted by atomic mass is 16.3. The van der Waals surface area contributed by atoms with Crippen molar-refractivity contribution in [2.24, 2.45) is 5.92 Å². The summed E-state index contributed by atoms with van der Waals surface area (Å²) in [5.74, 6) is 1.32. The summed E-state index contributed by atoms with van der Waals surface area (Å²) in [5.41, 5.74) is 2.47. The van der Waals surface area contributed by atoms with Gasteiger partial charge in [0.25, 0.3) is 5.91 Å². The molecule has 1 saturated carbocycles. The smallest absolute Gasteiger partial charge is 0.260 e. The van der Waals surface area contributed by atoms with Gasteiger partial charge >= 0.3 is 0 Å². The van der Waals surface area contributed by atoms with Gasteiger partial charge in [-0.05, 0) is 68.6 Å². The van der Waals surface area contributed by atoms with Gasteiger partial charge in [-0.15, -0.1) is 0 Å². The molecule has 1 aromatic heterocycles. The number of benzene rings is 1. The molecule has 1 fully saturated rings. The van der Waals surface area contributed by atoms with Gasteiger partial charge in [-0.1, -0.05) is 38.8 Å². The summed E-state index contributed by atoms with van der Waals surface area (Å²) < 4.78 is 0. The number of aliphatic hydroxyl groups excluding tert-OH is 1. The van der Waals surface area contributed by atoms with Crippen LogP contribution in [0, 0.1) is 5.92 Å². The Labute approximate surface area is 197 Å². The maximum absolute atomic E-state index is 13.1. The molecule has 1 aliphatic carbocycles. The molecule has 0 atom stereocenters. The van der Waals surface area contributed by atoms with Crippen LogP contribution in [0.15, 0.2) is 30.5 Å². The van der Waals surface area contributed by atoms with E-state index in [-0.39, 0.29) is 12.0 Å². The van der Waals surface area contributed by atoms with Crippen LogP contribution in [0.5, 0.6) is 0 Å². The monoisotopic (exact) mass is 453 g/mol. The number of carbonyl (C=O) groups is 1. The Morgan fingerprint density at radius 2 is 1.76 bits per heavy atom. The van der Waals surface area contributed by atoms with E-state index in [4.69, 9.17) is 0 Å². The van der Waals surface area contributed by atoms with Crippen LogP contribution in [0.2, 0.25) is 0 Å². The molecule has 2 aromatic rings. The van der Waals surface area contributed by atoms with E-state index in [1.54, 1.807) is 6.20 Å². The van der Waals surface area contributed by atoms with E-state index in [0.717, 1.165) is 70.1 Å². The zero-order chi connectivity index (χ0) is 23.5. The number of aliphatic hydroxyl groups is 1. The summed E-state index contributed by atoms with van der Waals surface area (Å²) in [5, 5.41) is 19.4. The lowest BCUT2D eigenvalue weighted by Crippen LogP contribution is -2.25. The van der Waals surface area contributed by atoms with Crippen LogP contribution in [0.4, 0.5) is 17.5 Å². The first-order valence-corrected chi connectivity index (χ1v) is 12.5. The SMILES string of the molecule is CCCCNc1ncc(C(=O)Nc2ccc(CCCC)cc2)c(NCC2CCC(O)CC2)n1. The predicted molar refractivity (Wildman–Crippen MR) is 135 cm³/mol. The van der Waals surface area contributed by atoms with Gasteiger partial charge in [0.15, 0.2) is 0 Å². The maximum atomic E-state index is 13.1. The first kappa shape index (κ1) is 25.0. The summed E-state index contributed by atoms with van der Waals surface area (Å²) >= 11 is 0. The van der Waals surface area contributed by atoms with Gasteiger partial charge in [-0.25, -0.2) is 4.98 Å². The van der Waals surface area contributed by atoms with E-state index in [2.05, 4.69) is 51.9 Å². The Bertz CT molecular complexity index is 863. The molecule has 1 aliphatic rings. The molecule has 33 heavy (non-hydrogen) atoms. The van der Waals surface area contributed by atoms with Crippen molar-refractivity contribution in [2.45, 2.75) is 77.7 Å². The van der Waals surface area contributed by atoms with Crippen LogP contribution in [-0.2, 0) is 6.42 Å². The summed E-state index contributed by atoms with van der Waals surface area (Å²) in [6.45, 7) is 5.85. The van der Waals surface area contributed by atoms with Crippen LogP contribution in [0.1, 0.15) is 81.1 Å². The summed E-state index contributed by atoms with van der Waals surface area (Å²) in [4.78, 5) is 22.1. The molecule has 1 heterocycles. The second-order valence-corrected chi connectivity index (χ2v) is 9.05. The van der Waals surface area contributed by atoms with Crippen LogP contribution < -0.4 is 16.0 Å². The highest BCUT2D eigenvalue weighted by molar-refractivity contribution is 6.07. The molecule has 1 aromatic carbocycles. The molecule has 0 saturated heterocycles. The number of rotatable bonds is 12. The van der Waals surface area contributed by atoms with Gasteiger partial charge < -0.3 is 21.1 Å². The highest BCUT2D eigenvalue weighted by Crippen LogP contribution is 2.25. The van der Waals surface area contributed by atoms with E-state index in [1.807, 2.05) is 12.1 Å². The molecule has 7 nitrogen and oxygen atoms in total. The van der Waals surface area contributed by atoms with Crippen LogP contribution >= 0.6 is 0 Å². The fourth-order valence-corrected chi connectivity index (χ4v) is 4.07. The number of carbonyl (C=O) groups excluding carboxylic acids is 1. The Balaban J connectivity index is 1.69. The lowest BCUT2D eigenvalue weighted by Gasteiger charge is -2.26. The summed E-state index contributed by atoms with van der Waals surface area (Å²) in [6, 6.07) is 8.04. The molecule has 180 valence electrons. The van der Waals surface area contributed by atoms with Crippen molar-refractivity contribution in [2.75, 3.05) is 29.0 Å². The van der Waals surface area contributed by atoms with Crippen LogP contribution in [-0.4, -0.2) is 40.2 Å². The molecular formula is C26H39N5O2. The third-order valence-corrected chi connectivity index (χ3v) is 6.25. The fourth-order valence-electron chi connectivity index (χ4n) is 4.07. The number of nitrogens with zero attached hydrogens (tertiary/aromatic N) is 2. The minimum Gasteiger partial charge on any atom is -0.393 e. The zero-order valence-corrected chi connectivity index (χ0v) is 20.1. The summed E-state index contributed by atoms with van der Waals surface area (Å²) in [7, 11) is 0. The molecule has 1 amide bonds. The number of aryl methyl sites for hydroxylation is 1. The molecule has 3 rings (SSSR count). The number of anilines is 3. The third-order valence-electron chi connectivity index (χ3n) is 6.25. The fraction of sp³-hybridized carbons (Fsp3) is 0.577. The van der Waals surface area contributed by atoms with E-state index in [0.29, 0.717) is 23.2 Å². The topological polar surface area (TPSA) is 99.2 Å². The second-order valence-electron chi connectivity index (χ2n) is 9.05. The Hall–Kier alpha value is -2.67. The first-order valence-electron chi connectivity index (χ1n) is 12.5. The number of nitrogens with one attached hydrogen (secondary N) is 3. The van der Waals surface area contributed by atoms with Gasteiger partial charge in [0.2, 0.25) is 5.95 Å². The van der Waals surface area contributed by atoms with E-state index < -0.39 is 0 Å². The second kappa shape index (κ2) is 13.1. The minimum atomic E-state index is -0.224. The normalized spacial score (nSPS) is 18.0. The third kappa shape index (κ3) is 8.00. The largest absolute Gasteiger partial charge is 0.393 e. The molecule has 7 heteroatoms. The molecule has 0 radical (unpaired) electrons. The van der Waals surface area contributed by atoms with Gasteiger partial charge in [0.05, 0.1) is 6.10 Å². The maximum Gasteiger partial charge on any atom is 0.260 e. The van der Waals surface area contributed by atoms with E-state index in [9.17, 15) is 9.90 Å². The van der Waals surface area contributed by atoms with E-state index >= 15 is 0 Å². The molecule has 4 N–H and O–H groups in total. The first-order chi connectivity index (χ1) is 16.1. The number of aromatic nitrogens is 2. The van der Waals surface area contributed by atoms with Crippen molar-refractivity contribution >= 4 is 23.4 Å². The lowest BCUT2D eigenvalue weighted by atomic mass is 9.87. The molecular weight excluding hydrogens is 414 g/mol. The minimum absolute atomic E-state index is 0.177. The molecule has 0 spiro atoms. The van der Waals surface area contributed by atoms with E-state index in [1.165, 1.54) is 12.0 Å². The van der Waals surface area contributed by atoms with Gasteiger partial charge in [-0.3, -0.25) is 4.79 Å². The summed E-state index contributed by atoms with van der Waals surface area (Å²) in [6.07, 6.45) is 10.6.